The zero-order valence-electron chi connectivity index (χ0n) is 28.5. The van der Waals surface area contributed by atoms with E-state index in [1.54, 1.807) is 0 Å². The van der Waals surface area contributed by atoms with Crippen LogP contribution in [0.25, 0.3) is 0 Å². The number of halogens is 7. The number of alkyl halides is 6. The lowest BCUT2D eigenvalue weighted by atomic mass is 10.2. The summed E-state index contributed by atoms with van der Waals surface area (Å²) in [5.41, 5.74) is 4.35. The maximum atomic E-state index is 4.81. The maximum absolute atomic E-state index is 4.81. The lowest BCUT2D eigenvalue weighted by Crippen LogP contribution is -3.00. The summed E-state index contributed by atoms with van der Waals surface area (Å²) in [5.74, 6) is 2.87. The summed E-state index contributed by atoms with van der Waals surface area (Å²) < 4.78 is -1.50. The van der Waals surface area contributed by atoms with Gasteiger partial charge >= 0.3 is 0 Å². The predicted octanol–water partition coefficient (Wildman–Crippen LogP) is 8.59. The van der Waals surface area contributed by atoms with Gasteiger partial charge in [0.2, 0.25) is 0 Å². The molecule has 9 rings (SSSR count). The van der Waals surface area contributed by atoms with Gasteiger partial charge in [0.25, 0.3) is 0 Å². The van der Waals surface area contributed by atoms with Crippen LogP contribution in [0.5, 0.6) is 0 Å². The van der Waals surface area contributed by atoms with Crippen molar-refractivity contribution in [3.8, 4) is 0 Å². The Bertz CT molecular complexity index is 1730. The van der Waals surface area contributed by atoms with Crippen LogP contribution in [-0.2, 0) is 17.3 Å². The molecule has 13 heteroatoms. The van der Waals surface area contributed by atoms with Gasteiger partial charge in [-0.05, 0) is 76.9 Å². The van der Waals surface area contributed by atoms with Crippen molar-refractivity contribution in [1.82, 2.24) is 0 Å². The Morgan fingerprint density at radius 3 is 0.944 bits per heavy atom. The summed E-state index contributed by atoms with van der Waals surface area (Å²) in [6, 6.07) is 55.6. The van der Waals surface area contributed by atoms with Gasteiger partial charge in [-0.2, -0.15) is 0 Å². The Morgan fingerprint density at radius 2 is 0.648 bits per heavy atom. The van der Waals surface area contributed by atoms with Gasteiger partial charge in [-0.15, -0.1) is 35.3 Å². The Morgan fingerprint density at radius 1 is 0.407 bits per heavy atom. The molecule has 2 N–H and O–H groups in total. The molecule has 0 unspecified atom stereocenters. The molecule has 0 saturated carbocycles. The highest BCUT2D eigenvalue weighted by Gasteiger charge is 2.34. The molecule has 2 bridgehead atoms. The van der Waals surface area contributed by atoms with E-state index >= 15 is 0 Å². The van der Waals surface area contributed by atoms with E-state index in [-0.39, 0.29) is 17.9 Å². The first-order valence-corrected chi connectivity index (χ1v) is 24.7. The molecule has 0 spiro atoms. The fourth-order valence-corrected chi connectivity index (χ4v) is 16.5. The third kappa shape index (κ3) is 11.9. The molecule has 3 aliphatic rings. The number of hydrogen-bond acceptors (Lipinski definition) is 3. The van der Waals surface area contributed by atoms with E-state index in [1.807, 2.05) is 35.3 Å². The molecule has 3 aliphatic heterocycles. The van der Waals surface area contributed by atoms with E-state index in [1.165, 1.54) is 63.2 Å². The minimum Gasteiger partial charge on any atom is -1.00 e. The first-order chi connectivity index (χ1) is 25.3. The van der Waals surface area contributed by atoms with E-state index in [2.05, 4.69) is 146 Å². The highest BCUT2D eigenvalue weighted by molar-refractivity contribution is 8.01. The summed E-state index contributed by atoms with van der Waals surface area (Å²) in [6.07, 6.45) is 0. The van der Waals surface area contributed by atoms with Crippen molar-refractivity contribution in [1.29, 1.82) is 0 Å². The molecule has 54 heavy (non-hydrogen) atoms. The van der Waals surface area contributed by atoms with Gasteiger partial charge in [0, 0.05) is 17.3 Å². The van der Waals surface area contributed by atoms with Crippen LogP contribution in [-0.4, -0.2) is 14.1 Å². The molecule has 0 radical (unpaired) electrons. The van der Waals surface area contributed by atoms with Crippen molar-refractivity contribution in [3.63, 3.8) is 0 Å². The van der Waals surface area contributed by atoms with Gasteiger partial charge in [0.15, 0.2) is 8.59 Å². The first kappa shape index (κ1) is 45.9. The molecular formula is C41H35Cl7OP2S3. The van der Waals surface area contributed by atoms with E-state index in [9.17, 15) is 0 Å². The molecule has 0 amide bonds. The van der Waals surface area contributed by atoms with Crippen molar-refractivity contribution >= 4 is 153 Å². The standard InChI is InChI=1S/C39H30P2S3.2CHCl3.ClH.H2O/c1-4-16-31-28(13-1)25-42-37-22-10-7-19-34(37)41-35-20-8-11-23-38(35)43-26-29-14-2-5-17-32(29)40(31)33-18-6-3-15-30(33)27-44-39-24-12-9-21-36(39)41;2*2-1(3)4;;/h1-24H,25-27H2;2*1H;1H;1H2. The second-order valence-electron chi connectivity index (χ2n) is 11.4. The summed E-state index contributed by atoms with van der Waals surface area (Å²) in [4.78, 5) is 4.24. The van der Waals surface area contributed by atoms with Crippen molar-refractivity contribution < 1.29 is 17.9 Å². The van der Waals surface area contributed by atoms with Gasteiger partial charge in [-0.25, -0.2) is 0 Å². The zero-order valence-corrected chi connectivity index (χ0v) is 38.1. The lowest BCUT2D eigenvalue weighted by molar-refractivity contribution is -0.0000106. The minimum absolute atomic E-state index is 0. The van der Waals surface area contributed by atoms with Crippen molar-refractivity contribution in [2.24, 2.45) is 0 Å². The Kier molecular flexibility index (Phi) is 19.5. The van der Waals surface area contributed by atoms with Crippen molar-refractivity contribution in [3.05, 3.63) is 162 Å². The number of benzene rings is 6. The third-order valence-electron chi connectivity index (χ3n) is 8.32. The van der Waals surface area contributed by atoms with E-state index in [0.29, 0.717) is 0 Å². The molecule has 0 saturated heterocycles. The predicted molar refractivity (Wildman–Crippen MR) is 247 cm³/mol. The van der Waals surface area contributed by atoms with E-state index in [0.717, 1.165) is 17.3 Å². The number of rotatable bonds is 0. The molecule has 0 aliphatic carbocycles. The zero-order chi connectivity index (χ0) is 36.5. The van der Waals surface area contributed by atoms with Crippen LogP contribution in [0.3, 0.4) is 0 Å². The topological polar surface area (TPSA) is 31.5 Å². The largest absolute Gasteiger partial charge is 1.00 e. The lowest BCUT2D eigenvalue weighted by Gasteiger charge is -2.27. The van der Waals surface area contributed by atoms with Crippen LogP contribution in [0.15, 0.2) is 160 Å². The minimum atomic E-state index is -1.32. The summed E-state index contributed by atoms with van der Waals surface area (Å²) in [5, 5.41) is 8.96. The normalized spacial score (nSPS) is 15.6. The van der Waals surface area contributed by atoms with Gasteiger partial charge in [-0.3, -0.25) is 0 Å². The van der Waals surface area contributed by atoms with Crippen molar-refractivity contribution in [2.75, 3.05) is 0 Å². The molecule has 0 fully saturated rings. The van der Waals surface area contributed by atoms with Crippen molar-refractivity contribution in [2.45, 2.75) is 40.5 Å². The SMILES string of the molecule is ClC(Cl)Cl.ClC(Cl)Cl.O.[Cl-].c1ccc2c(c1)CSc1ccccc1[PH+]1c3ccccc3SCc3ccccc3P2c2ccccc2CSc2ccccc21. The molecular weight excluding hydrogens is 915 g/mol. The van der Waals surface area contributed by atoms with Crippen LogP contribution in [0, 0.1) is 0 Å². The molecule has 0 atom stereocenters. The van der Waals surface area contributed by atoms with E-state index in [4.69, 9.17) is 69.6 Å². The van der Waals surface area contributed by atoms with Gasteiger partial charge < -0.3 is 17.9 Å². The molecule has 6 aromatic carbocycles. The van der Waals surface area contributed by atoms with Crippen LogP contribution in [0.1, 0.15) is 16.7 Å². The average molecular weight is 950 g/mol. The monoisotopic (exact) mass is 946 g/mol. The van der Waals surface area contributed by atoms with Crippen LogP contribution >= 0.6 is 121 Å². The van der Waals surface area contributed by atoms with Gasteiger partial charge in [0.1, 0.15) is 23.8 Å². The molecule has 6 aromatic rings. The second-order valence-corrected chi connectivity index (χ2v) is 22.9. The number of fused-ring (bicyclic) bond motifs is 3. The maximum Gasteiger partial charge on any atom is 0.180 e. The smallest absolute Gasteiger partial charge is 0.180 e. The van der Waals surface area contributed by atoms with Gasteiger partial charge in [-0.1, -0.05) is 179 Å². The highest BCUT2D eigenvalue weighted by atomic mass is 35.6. The fourth-order valence-electron chi connectivity index (χ4n) is 6.24. The van der Waals surface area contributed by atoms with Gasteiger partial charge in [0.05, 0.1) is 14.7 Å². The van der Waals surface area contributed by atoms with Crippen LogP contribution < -0.4 is 44.2 Å². The molecule has 0 aromatic heterocycles. The third-order valence-corrected chi connectivity index (χ3v) is 17.9. The summed E-state index contributed by atoms with van der Waals surface area (Å²) >= 11 is 34.9. The highest BCUT2D eigenvalue weighted by Crippen LogP contribution is 2.46. The molecule has 1 nitrogen and oxygen atoms in total. The Hall–Kier alpha value is -0.780. The average Bonchev–Trinajstić information content (AvgIpc) is 3.14. The van der Waals surface area contributed by atoms with Crippen LogP contribution in [0.2, 0.25) is 0 Å². The number of hydrogen-bond donors (Lipinski definition) is 0. The Balaban J connectivity index is 0.000000595. The summed E-state index contributed by atoms with van der Waals surface area (Å²) in [6.45, 7) is 0. The first-order valence-electron chi connectivity index (χ1n) is 16.2. The molecule has 282 valence electrons. The summed E-state index contributed by atoms with van der Waals surface area (Å²) in [7, 11) is -2.09. The van der Waals surface area contributed by atoms with Crippen LogP contribution in [0.4, 0.5) is 0 Å². The quantitative estimate of drug-likeness (QED) is 0.113. The molecule has 3 heterocycles. The number of thioether (sulfide) groups is 3. The fraction of sp³-hybridized carbons (Fsp3) is 0.122. The Labute approximate surface area is 369 Å². The van der Waals surface area contributed by atoms with E-state index < -0.39 is 24.4 Å². The second kappa shape index (κ2) is 23.0.